The van der Waals surface area contributed by atoms with Crippen molar-refractivity contribution in [3.05, 3.63) is 47.2 Å². The third-order valence-electron chi connectivity index (χ3n) is 2.56. The number of nitrogens with zero attached hydrogens (tertiary/aromatic N) is 4. The van der Waals surface area contributed by atoms with Gasteiger partial charge in [-0.2, -0.15) is 10.5 Å². The molecule has 0 saturated carbocycles. The molecule has 0 aliphatic rings. The van der Waals surface area contributed by atoms with Crippen LogP contribution in [0.2, 0.25) is 0 Å². The third-order valence-corrected chi connectivity index (χ3v) is 2.56. The summed E-state index contributed by atoms with van der Waals surface area (Å²) in [5, 5.41) is 27.7. The number of hydrazine groups is 1. The number of nitrogen functional groups attached to an aromatic ring is 1. The van der Waals surface area contributed by atoms with E-state index < -0.39 is 5.91 Å². The molecule has 2 rings (SSSR count). The van der Waals surface area contributed by atoms with Crippen molar-refractivity contribution in [3.63, 3.8) is 0 Å². The van der Waals surface area contributed by atoms with Crippen LogP contribution in [-0.4, -0.2) is 16.1 Å². The second-order valence-corrected chi connectivity index (χ2v) is 3.89. The second-order valence-electron chi connectivity index (χ2n) is 3.89. The number of anilines is 2. The van der Waals surface area contributed by atoms with Crippen LogP contribution < -0.4 is 16.6 Å². The third kappa shape index (κ3) is 3.10. The van der Waals surface area contributed by atoms with Gasteiger partial charge in [0.05, 0.1) is 11.1 Å². The van der Waals surface area contributed by atoms with Crippen molar-refractivity contribution in [2.24, 2.45) is 5.84 Å². The van der Waals surface area contributed by atoms with Crippen LogP contribution in [0.3, 0.4) is 0 Å². The molecule has 1 aromatic carbocycles. The molecular weight excluding hydrogens is 270 g/mol. The summed E-state index contributed by atoms with van der Waals surface area (Å²) in [5.41, 5.74) is 3.21. The molecule has 21 heavy (non-hydrogen) atoms. The predicted molar refractivity (Wildman–Crippen MR) is 73.7 cm³/mol. The number of benzene rings is 1. The molecule has 0 aliphatic carbocycles. The van der Waals surface area contributed by atoms with Crippen molar-refractivity contribution in [2.75, 3.05) is 10.7 Å². The number of amides is 1. The topological polar surface area (TPSA) is 141 Å². The van der Waals surface area contributed by atoms with Crippen LogP contribution in [0.1, 0.15) is 21.6 Å². The quantitative estimate of drug-likeness (QED) is 0.556. The highest BCUT2D eigenvalue weighted by atomic mass is 16.1. The zero-order valence-electron chi connectivity index (χ0n) is 10.7. The molecule has 1 heterocycles. The molecular formula is C13H9N7O. The van der Waals surface area contributed by atoms with Gasteiger partial charge in [0.15, 0.2) is 11.5 Å². The number of hydrogen-bond acceptors (Lipinski definition) is 7. The van der Waals surface area contributed by atoms with Crippen LogP contribution in [0.5, 0.6) is 0 Å². The summed E-state index contributed by atoms with van der Waals surface area (Å²) in [6.45, 7) is 0. The van der Waals surface area contributed by atoms with Crippen LogP contribution in [0.15, 0.2) is 30.3 Å². The number of hydrogen-bond donors (Lipinski definition) is 3. The summed E-state index contributed by atoms with van der Waals surface area (Å²) in [6, 6.07) is 11.1. The van der Waals surface area contributed by atoms with Gasteiger partial charge in [-0.25, -0.2) is 5.84 Å². The number of carbonyl (C=O) groups excluding carboxylic acids is 1. The Hall–Kier alpha value is -3.49. The molecule has 102 valence electrons. The Morgan fingerprint density at radius 3 is 2.43 bits per heavy atom. The van der Waals surface area contributed by atoms with Crippen molar-refractivity contribution in [3.8, 4) is 12.1 Å². The number of rotatable bonds is 3. The van der Waals surface area contributed by atoms with E-state index in [0.29, 0.717) is 11.5 Å². The van der Waals surface area contributed by atoms with Gasteiger partial charge in [-0.05, 0) is 30.3 Å². The molecule has 0 unspecified atom stereocenters. The lowest BCUT2D eigenvalue weighted by Gasteiger charge is -2.05. The predicted octanol–water partition coefficient (Wildman–Crippen LogP) is 0.758. The lowest BCUT2D eigenvalue weighted by molar-refractivity contribution is 0.102. The maximum atomic E-state index is 12.0. The Bertz CT molecular complexity index is 756. The normalized spacial score (nSPS) is 9.29. The summed E-state index contributed by atoms with van der Waals surface area (Å²) in [4.78, 5) is 12.0. The van der Waals surface area contributed by atoms with Gasteiger partial charge < -0.3 is 10.7 Å². The highest BCUT2D eigenvalue weighted by molar-refractivity contribution is 6.02. The first-order valence-corrected chi connectivity index (χ1v) is 5.74. The lowest BCUT2D eigenvalue weighted by Crippen LogP contribution is -2.16. The van der Waals surface area contributed by atoms with E-state index in [4.69, 9.17) is 16.4 Å². The maximum absolute atomic E-state index is 12.0. The Morgan fingerprint density at radius 1 is 1.10 bits per heavy atom. The van der Waals surface area contributed by atoms with Crippen LogP contribution in [-0.2, 0) is 0 Å². The Morgan fingerprint density at radius 2 is 1.86 bits per heavy atom. The van der Waals surface area contributed by atoms with E-state index >= 15 is 0 Å². The first-order chi connectivity index (χ1) is 10.2. The molecule has 2 aromatic rings. The van der Waals surface area contributed by atoms with Gasteiger partial charge in [0.2, 0.25) is 0 Å². The molecule has 0 fully saturated rings. The van der Waals surface area contributed by atoms with Crippen LogP contribution in [0.4, 0.5) is 11.5 Å². The van der Waals surface area contributed by atoms with Crippen LogP contribution in [0.25, 0.3) is 0 Å². The zero-order valence-corrected chi connectivity index (χ0v) is 10.7. The van der Waals surface area contributed by atoms with Crippen molar-refractivity contribution >= 4 is 17.4 Å². The zero-order chi connectivity index (χ0) is 15.2. The number of aromatic nitrogens is 2. The SMILES string of the molecule is N#Cc1ccc(NC(=O)c2ccc(NN)nn2)cc1C#N. The summed E-state index contributed by atoms with van der Waals surface area (Å²) >= 11 is 0. The molecule has 0 saturated heterocycles. The number of nitrogens with two attached hydrogens (primary N) is 1. The minimum Gasteiger partial charge on any atom is -0.321 e. The van der Waals surface area contributed by atoms with E-state index in [-0.39, 0.29) is 16.8 Å². The Labute approximate surface area is 119 Å². The molecule has 8 heteroatoms. The van der Waals surface area contributed by atoms with Crippen molar-refractivity contribution in [1.29, 1.82) is 10.5 Å². The lowest BCUT2D eigenvalue weighted by atomic mass is 10.1. The van der Waals surface area contributed by atoms with Gasteiger partial charge in [0, 0.05) is 5.69 Å². The molecule has 1 amide bonds. The molecule has 0 bridgehead atoms. The van der Waals surface area contributed by atoms with Crippen molar-refractivity contribution in [2.45, 2.75) is 0 Å². The van der Waals surface area contributed by atoms with Crippen molar-refractivity contribution in [1.82, 2.24) is 10.2 Å². The molecule has 8 nitrogen and oxygen atoms in total. The minimum absolute atomic E-state index is 0.0943. The van der Waals surface area contributed by atoms with Crippen LogP contribution in [0, 0.1) is 22.7 Å². The highest BCUT2D eigenvalue weighted by Gasteiger charge is 2.10. The molecule has 4 N–H and O–H groups in total. The van der Waals surface area contributed by atoms with E-state index in [1.165, 1.54) is 30.3 Å². The standard InChI is InChI=1S/C13H9N7O/c14-6-8-1-2-10(5-9(8)7-15)17-13(21)11-3-4-12(18-16)20-19-11/h1-5H,16H2,(H,17,21)(H,18,20). The maximum Gasteiger partial charge on any atom is 0.276 e. The fourth-order valence-electron chi connectivity index (χ4n) is 1.54. The van der Waals surface area contributed by atoms with Crippen LogP contribution >= 0.6 is 0 Å². The Balaban J connectivity index is 2.19. The first-order valence-electron chi connectivity index (χ1n) is 5.74. The molecule has 0 atom stereocenters. The van der Waals surface area contributed by atoms with Crippen molar-refractivity contribution < 1.29 is 4.79 Å². The number of nitrogens with one attached hydrogen (secondary N) is 2. The van der Waals surface area contributed by atoms with Gasteiger partial charge in [-0.3, -0.25) is 4.79 Å². The molecule has 0 radical (unpaired) electrons. The van der Waals surface area contributed by atoms with Gasteiger partial charge in [0.1, 0.15) is 12.1 Å². The number of carbonyl (C=O) groups is 1. The van der Waals surface area contributed by atoms with E-state index in [1.807, 2.05) is 12.1 Å². The largest absolute Gasteiger partial charge is 0.321 e. The highest BCUT2D eigenvalue weighted by Crippen LogP contribution is 2.15. The monoisotopic (exact) mass is 279 g/mol. The molecule has 1 aromatic heterocycles. The summed E-state index contributed by atoms with van der Waals surface area (Å²) < 4.78 is 0. The Kier molecular flexibility index (Phi) is 4.05. The van der Waals surface area contributed by atoms with E-state index in [9.17, 15) is 4.79 Å². The van der Waals surface area contributed by atoms with E-state index in [2.05, 4.69) is 20.9 Å². The minimum atomic E-state index is -0.486. The summed E-state index contributed by atoms with van der Waals surface area (Å²) in [6.07, 6.45) is 0. The first kappa shape index (κ1) is 13.9. The van der Waals surface area contributed by atoms with Gasteiger partial charge >= 0.3 is 0 Å². The van der Waals surface area contributed by atoms with Gasteiger partial charge in [-0.15, -0.1) is 10.2 Å². The summed E-state index contributed by atoms with van der Waals surface area (Å²) in [7, 11) is 0. The van der Waals surface area contributed by atoms with E-state index in [0.717, 1.165) is 0 Å². The average Bonchev–Trinajstić information content (AvgIpc) is 2.54. The second kappa shape index (κ2) is 6.10. The number of nitriles is 2. The van der Waals surface area contributed by atoms with Gasteiger partial charge in [-0.1, -0.05) is 0 Å². The average molecular weight is 279 g/mol. The van der Waals surface area contributed by atoms with Gasteiger partial charge in [0.25, 0.3) is 5.91 Å². The van der Waals surface area contributed by atoms with E-state index in [1.54, 1.807) is 0 Å². The fourth-order valence-corrected chi connectivity index (χ4v) is 1.54. The molecule has 0 aliphatic heterocycles. The molecule has 0 spiro atoms. The smallest absolute Gasteiger partial charge is 0.276 e. The fraction of sp³-hybridized carbons (Fsp3) is 0. The summed E-state index contributed by atoms with van der Waals surface area (Å²) in [5.74, 6) is 4.99.